The highest BCUT2D eigenvalue weighted by Gasteiger charge is 2.29. The Labute approximate surface area is 186 Å². The van der Waals surface area contributed by atoms with Crippen molar-refractivity contribution in [3.63, 3.8) is 0 Å². The number of pyridine rings is 1. The number of piperidine rings is 1. The molecule has 1 aromatic heterocycles. The monoisotopic (exact) mass is 421 g/mol. The standard InChI is InChI=1S/C26H35N3O2/c30-26(21-31-25-13-5-2-6-14-25)29(18-22-9-7-15-27-17-22)20-23-10-8-16-28(19-23)24-11-3-1-4-12-24/h2,5-7,9,13-15,17,23-24H,1,3-4,8,10-12,16,18-21H2. The van der Waals surface area contributed by atoms with Crippen molar-refractivity contribution in [1.82, 2.24) is 14.8 Å². The zero-order chi connectivity index (χ0) is 21.3. The Morgan fingerprint density at radius 3 is 2.65 bits per heavy atom. The van der Waals surface area contributed by atoms with Crippen molar-refractivity contribution in [3.05, 3.63) is 60.4 Å². The molecule has 1 aliphatic heterocycles. The minimum atomic E-state index is 0.0440. The van der Waals surface area contributed by atoms with Gasteiger partial charge in [-0.2, -0.15) is 0 Å². The average Bonchev–Trinajstić information content (AvgIpc) is 2.84. The lowest BCUT2D eigenvalue weighted by Gasteiger charge is -2.41. The summed E-state index contributed by atoms with van der Waals surface area (Å²) in [4.78, 5) is 22.1. The van der Waals surface area contributed by atoms with Gasteiger partial charge < -0.3 is 14.5 Å². The van der Waals surface area contributed by atoms with Crippen LogP contribution in [0.15, 0.2) is 54.9 Å². The van der Waals surface area contributed by atoms with Crippen molar-refractivity contribution in [3.8, 4) is 5.75 Å². The summed E-state index contributed by atoms with van der Waals surface area (Å²) in [6, 6.07) is 14.3. The van der Waals surface area contributed by atoms with Crippen LogP contribution in [-0.4, -0.2) is 53.0 Å². The lowest BCUT2D eigenvalue weighted by molar-refractivity contribution is -0.135. The van der Waals surface area contributed by atoms with E-state index in [0.29, 0.717) is 12.5 Å². The van der Waals surface area contributed by atoms with Crippen molar-refractivity contribution < 1.29 is 9.53 Å². The molecule has 5 heteroatoms. The number of carbonyl (C=O) groups excluding carboxylic acids is 1. The quantitative estimate of drug-likeness (QED) is 0.628. The van der Waals surface area contributed by atoms with E-state index in [1.54, 1.807) is 6.20 Å². The van der Waals surface area contributed by atoms with Gasteiger partial charge in [0.2, 0.25) is 0 Å². The van der Waals surface area contributed by atoms with Gasteiger partial charge >= 0.3 is 0 Å². The van der Waals surface area contributed by atoms with Gasteiger partial charge in [-0.15, -0.1) is 0 Å². The van der Waals surface area contributed by atoms with E-state index in [-0.39, 0.29) is 12.5 Å². The molecule has 1 atom stereocenters. The first-order chi connectivity index (χ1) is 15.3. The van der Waals surface area contributed by atoms with Gasteiger partial charge in [0, 0.05) is 38.1 Å². The number of nitrogens with zero attached hydrogens (tertiary/aromatic N) is 3. The first kappa shape index (κ1) is 21.8. The topological polar surface area (TPSA) is 45.7 Å². The van der Waals surface area contributed by atoms with Gasteiger partial charge in [-0.25, -0.2) is 0 Å². The highest BCUT2D eigenvalue weighted by molar-refractivity contribution is 5.77. The van der Waals surface area contributed by atoms with Crippen molar-refractivity contribution in [2.45, 2.75) is 57.5 Å². The van der Waals surface area contributed by atoms with E-state index < -0.39 is 0 Å². The molecule has 1 saturated carbocycles. The van der Waals surface area contributed by atoms with E-state index in [1.807, 2.05) is 53.6 Å². The van der Waals surface area contributed by atoms with Crippen LogP contribution in [0.2, 0.25) is 0 Å². The van der Waals surface area contributed by atoms with Gasteiger partial charge in [0.1, 0.15) is 5.75 Å². The van der Waals surface area contributed by atoms with Crippen LogP contribution in [0.1, 0.15) is 50.5 Å². The number of hydrogen-bond acceptors (Lipinski definition) is 4. The smallest absolute Gasteiger partial charge is 0.260 e. The number of carbonyl (C=O) groups is 1. The Kier molecular flexibility index (Phi) is 7.94. The fourth-order valence-corrected chi connectivity index (χ4v) is 5.06. The normalized spacial score (nSPS) is 20.3. The highest BCUT2D eigenvalue weighted by atomic mass is 16.5. The Morgan fingerprint density at radius 1 is 1.03 bits per heavy atom. The molecular weight excluding hydrogens is 386 g/mol. The maximum atomic E-state index is 13.1. The molecule has 2 fully saturated rings. The number of rotatable bonds is 8. The Morgan fingerprint density at radius 2 is 1.87 bits per heavy atom. The Hall–Kier alpha value is -2.40. The van der Waals surface area contributed by atoms with Gasteiger partial charge in [0.05, 0.1) is 0 Å². The van der Waals surface area contributed by atoms with E-state index in [4.69, 9.17) is 4.74 Å². The van der Waals surface area contributed by atoms with E-state index >= 15 is 0 Å². The summed E-state index contributed by atoms with van der Waals surface area (Å²) in [5, 5.41) is 0. The number of para-hydroxylation sites is 1. The summed E-state index contributed by atoms with van der Waals surface area (Å²) in [6.07, 6.45) is 12.9. The van der Waals surface area contributed by atoms with Crippen LogP contribution in [0, 0.1) is 5.92 Å². The fraction of sp³-hybridized carbons (Fsp3) is 0.538. The molecule has 2 heterocycles. The third kappa shape index (κ3) is 6.54. The highest BCUT2D eigenvalue weighted by Crippen LogP contribution is 2.27. The van der Waals surface area contributed by atoms with Gasteiger partial charge in [-0.1, -0.05) is 43.5 Å². The van der Waals surface area contributed by atoms with Gasteiger partial charge in [0.25, 0.3) is 5.91 Å². The summed E-state index contributed by atoms with van der Waals surface area (Å²) >= 11 is 0. The molecule has 0 spiro atoms. The largest absolute Gasteiger partial charge is 0.484 e. The molecule has 0 radical (unpaired) electrons. The molecule has 1 unspecified atom stereocenters. The molecule has 1 saturated heterocycles. The van der Waals surface area contributed by atoms with Crippen molar-refractivity contribution >= 4 is 5.91 Å². The van der Waals surface area contributed by atoms with E-state index in [0.717, 1.165) is 30.4 Å². The minimum absolute atomic E-state index is 0.0440. The Balaban J connectivity index is 1.38. The van der Waals surface area contributed by atoms with Gasteiger partial charge in [0.15, 0.2) is 6.61 Å². The maximum absolute atomic E-state index is 13.1. The molecule has 0 bridgehead atoms. The summed E-state index contributed by atoms with van der Waals surface area (Å²) in [5.74, 6) is 1.30. The molecule has 4 rings (SSSR count). The second-order valence-corrected chi connectivity index (χ2v) is 9.03. The Bertz CT molecular complexity index is 793. The number of benzene rings is 1. The molecule has 1 amide bonds. The lowest BCUT2D eigenvalue weighted by atomic mass is 9.90. The zero-order valence-electron chi connectivity index (χ0n) is 18.5. The van der Waals surface area contributed by atoms with Crippen LogP contribution in [0.5, 0.6) is 5.75 Å². The van der Waals surface area contributed by atoms with Crippen LogP contribution in [0.4, 0.5) is 0 Å². The first-order valence-electron chi connectivity index (χ1n) is 11.9. The summed E-state index contributed by atoms with van der Waals surface area (Å²) < 4.78 is 5.77. The van der Waals surface area contributed by atoms with Crippen molar-refractivity contribution in [1.29, 1.82) is 0 Å². The molecule has 2 aliphatic rings. The fourth-order valence-electron chi connectivity index (χ4n) is 5.06. The number of ether oxygens (including phenoxy) is 1. The van der Waals surface area contributed by atoms with Crippen molar-refractivity contribution in [2.75, 3.05) is 26.2 Å². The van der Waals surface area contributed by atoms with Crippen LogP contribution >= 0.6 is 0 Å². The minimum Gasteiger partial charge on any atom is -0.484 e. The number of aromatic nitrogens is 1. The summed E-state index contributed by atoms with van der Waals surface area (Å²) in [5.41, 5.74) is 1.07. The SMILES string of the molecule is O=C(COc1ccccc1)N(Cc1cccnc1)CC1CCCN(C2CCCCC2)C1. The first-order valence-corrected chi connectivity index (χ1v) is 11.9. The second-order valence-electron chi connectivity index (χ2n) is 9.03. The second kappa shape index (κ2) is 11.3. The third-order valence-corrected chi connectivity index (χ3v) is 6.67. The van der Waals surface area contributed by atoms with Gasteiger partial charge in [-0.3, -0.25) is 9.78 Å². The molecule has 0 N–H and O–H groups in total. The molecule has 31 heavy (non-hydrogen) atoms. The maximum Gasteiger partial charge on any atom is 0.260 e. The van der Waals surface area contributed by atoms with Crippen LogP contribution < -0.4 is 4.74 Å². The number of hydrogen-bond donors (Lipinski definition) is 0. The van der Waals surface area contributed by atoms with Crippen LogP contribution in [0.25, 0.3) is 0 Å². The predicted octanol–water partition coefficient (Wildman–Crippen LogP) is 4.53. The number of likely N-dealkylation sites (tertiary alicyclic amines) is 1. The molecule has 1 aromatic carbocycles. The predicted molar refractivity (Wildman–Crippen MR) is 123 cm³/mol. The summed E-state index contributed by atoms with van der Waals surface area (Å²) in [7, 11) is 0. The lowest BCUT2D eigenvalue weighted by Crippen LogP contribution is -2.47. The molecule has 1 aliphatic carbocycles. The molecular formula is C26H35N3O2. The zero-order valence-corrected chi connectivity index (χ0v) is 18.5. The van der Waals surface area contributed by atoms with Crippen LogP contribution in [-0.2, 0) is 11.3 Å². The number of amides is 1. The summed E-state index contributed by atoms with van der Waals surface area (Å²) in [6.45, 7) is 3.78. The molecule has 5 nitrogen and oxygen atoms in total. The van der Waals surface area contributed by atoms with Crippen LogP contribution in [0.3, 0.4) is 0 Å². The molecule has 2 aromatic rings. The molecule has 166 valence electrons. The van der Waals surface area contributed by atoms with E-state index in [1.165, 1.54) is 51.5 Å². The van der Waals surface area contributed by atoms with E-state index in [2.05, 4.69) is 9.88 Å². The average molecular weight is 422 g/mol. The van der Waals surface area contributed by atoms with Crippen molar-refractivity contribution in [2.24, 2.45) is 5.92 Å². The van der Waals surface area contributed by atoms with Gasteiger partial charge in [-0.05, 0) is 61.9 Å². The van der Waals surface area contributed by atoms with E-state index in [9.17, 15) is 4.79 Å². The third-order valence-electron chi connectivity index (χ3n) is 6.67.